The average Bonchev–Trinajstić information content (AvgIpc) is 2.95. The molecule has 0 heterocycles. The maximum atomic E-state index is 15.0. The van der Waals surface area contributed by atoms with Crippen molar-refractivity contribution in [1.82, 2.24) is 0 Å². The fourth-order valence-corrected chi connectivity index (χ4v) is 3.77. The predicted octanol–water partition coefficient (Wildman–Crippen LogP) is 12.2. The van der Waals surface area contributed by atoms with Crippen molar-refractivity contribution in [3.8, 4) is 0 Å². The van der Waals surface area contributed by atoms with Crippen molar-refractivity contribution in [2.24, 2.45) is 23.7 Å². The van der Waals surface area contributed by atoms with E-state index in [-0.39, 0.29) is 40.4 Å². The second-order valence-corrected chi connectivity index (χ2v) is 11.2. The summed E-state index contributed by atoms with van der Waals surface area (Å²) in [6.07, 6.45) is 9.35. The van der Waals surface area contributed by atoms with Crippen LogP contribution in [0.1, 0.15) is 73.1 Å². The lowest BCUT2D eigenvalue weighted by atomic mass is 9.83. The molecule has 0 aliphatic rings. The van der Waals surface area contributed by atoms with Crippen LogP contribution in [0, 0.1) is 23.7 Å². The molecule has 0 rings (SSSR count). The van der Waals surface area contributed by atoms with E-state index in [1.807, 2.05) is 6.92 Å². The van der Waals surface area contributed by atoms with E-state index < -0.39 is 29.1 Å². The third kappa shape index (κ3) is 13.4. The van der Waals surface area contributed by atoms with E-state index in [1.165, 1.54) is 18.6 Å². The Balaban J connectivity index is 5.23. The van der Waals surface area contributed by atoms with Gasteiger partial charge in [0.05, 0.1) is 6.61 Å². The van der Waals surface area contributed by atoms with Crippen molar-refractivity contribution in [2.45, 2.75) is 73.1 Å². The van der Waals surface area contributed by atoms with Gasteiger partial charge < -0.3 is 4.74 Å². The largest absolute Gasteiger partial charge is 0.491 e. The van der Waals surface area contributed by atoms with Gasteiger partial charge in [0.2, 0.25) is 5.83 Å². The van der Waals surface area contributed by atoms with Crippen molar-refractivity contribution >= 4 is 0 Å². The molecule has 3 unspecified atom stereocenters. The summed E-state index contributed by atoms with van der Waals surface area (Å²) in [6.45, 7) is 36.1. The van der Waals surface area contributed by atoms with Crippen LogP contribution in [0.2, 0.25) is 0 Å². The zero-order valence-electron chi connectivity index (χ0n) is 25.9. The van der Waals surface area contributed by atoms with Crippen molar-refractivity contribution in [3.63, 3.8) is 0 Å². The summed E-state index contributed by atoms with van der Waals surface area (Å²) in [5.41, 5.74) is -0.560. The highest BCUT2D eigenvalue weighted by molar-refractivity contribution is 5.54. The van der Waals surface area contributed by atoms with Gasteiger partial charge in [0.1, 0.15) is 0 Å². The first-order chi connectivity index (χ1) is 19.1. The third-order valence-electron chi connectivity index (χ3n) is 7.35. The lowest BCUT2D eigenvalue weighted by Crippen LogP contribution is -2.11. The van der Waals surface area contributed by atoms with E-state index in [0.29, 0.717) is 37.0 Å². The quantitative estimate of drug-likeness (QED) is 0.0435. The van der Waals surface area contributed by atoms with Gasteiger partial charge in [-0.2, -0.15) is 4.39 Å². The smallest absolute Gasteiger partial charge is 0.200 e. The summed E-state index contributed by atoms with van der Waals surface area (Å²) in [5.74, 6) is -3.87. The van der Waals surface area contributed by atoms with Gasteiger partial charge >= 0.3 is 0 Å². The van der Waals surface area contributed by atoms with Crippen LogP contribution in [0.25, 0.3) is 0 Å². The van der Waals surface area contributed by atoms with Gasteiger partial charge in [0.25, 0.3) is 0 Å². The Morgan fingerprint density at radius 1 is 0.659 bits per heavy atom. The minimum absolute atomic E-state index is 0.00862. The van der Waals surface area contributed by atoms with Crippen LogP contribution in [0.3, 0.4) is 0 Å². The molecule has 0 N–H and O–H groups in total. The zero-order chi connectivity index (χ0) is 31.9. The van der Waals surface area contributed by atoms with Gasteiger partial charge in [0, 0.05) is 11.1 Å². The summed E-state index contributed by atoms with van der Waals surface area (Å²) in [4.78, 5) is 0. The maximum Gasteiger partial charge on any atom is 0.200 e. The Morgan fingerprint density at radius 3 is 1.59 bits per heavy atom. The second kappa shape index (κ2) is 19.1. The van der Waals surface area contributed by atoms with Crippen molar-refractivity contribution in [2.75, 3.05) is 6.61 Å². The van der Waals surface area contributed by atoms with Crippen molar-refractivity contribution in [1.29, 1.82) is 0 Å². The summed E-state index contributed by atoms with van der Waals surface area (Å²) in [7, 11) is 0. The molecule has 3 atom stereocenters. The van der Waals surface area contributed by atoms with E-state index >= 15 is 0 Å². The van der Waals surface area contributed by atoms with Crippen LogP contribution >= 0.6 is 0 Å². The number of rotatable bonds is 21. The maximum absolute atomic E-state index is 15.0. The summed E-state index contributed by atoms with van der Waals surface area (Å²) in [6, 6.07) is 0. The molecule has 0 aromatic carbocycles. The summed E-state index contributed by atoms with van der Waals surface area (Å²) >= 11 is 0. The van der Waals surface area contributed by atoms with E-state index in [1.54, 1.807) is 6.08 Å². The Kier molecular flexibility index (Phi) is 17.7. The Morgan fingerprint density at radius 2 is 1.12 bits per heavy atom. The average molecular weight is 575 g/mol. The van der Waals surface area contributed by atoms with Crippen LogP contribution in [0.5, 0.6) is 0 Å². The second-order valence-electron chi connectivity index (χ2n) is 11.2. The zero-order valence-corrected chi connectivity index (χ0v) is 25.9. The van der Waals surface area contributed by atoms with Crippen LogP contribution in [-0.2, 0) is 4.74 Å². The molecule has 1 nitrogen and oxygen atoms in total. The number of unbranched alkanes of at least 4 members (excludes halogenated alkanes) is 1. The Hall–Kier alpha value is -3.08. The number of ether oxygens (including phenoxy) is 1. The number of allylic oxidation sites excluding steroid dienone is 12. The minimum atomic E-state index is -1.30. The first-order valence-corrected chi connectivity index (χ1v) is 14.2. The van der Waals surface area contributed by atoms with E-state index in [9.17, 15) is 17.6 Å². The molecular weight excluding hydrogens is 524 g/mol. The van der Waals surface area contributed by atoms with Crippen LogP contribution < -0.4 is 0 Å². The highest BCUT2D eigenvalue weighted by Crippen LogP contribution is 2.34. The highest BCUT2D eigenvalue weighted by atomic mass is 19.2. The van der Waals surface area contributed by atoms with Gasteiger partial charge in [0.15, 0.2) is 23.2 Å². The standard InChI is InChI=1S/C36H50F4O/c1-13-14-15-22-41-32(12)36(40)35(39)31(11)28(8)21-20-27(7)30(10)34(38)33(37)29(9)26(6)19-18-25(5)24(4)17-16-23(2)3/h13,20-21,23-26H,1,7-12,14-19,22H2,2-6H3/b21-20-,34-33-,36-35-. The molecule has 0 spiro atoms. The third-order valence-corrected chi connectivity index (χ3v) is 7.35. The Bertz CT molecular complexity index is 1080. The lowest BCUT2D eigenvalue weighted by molar-refractivity contribution is 0.205. The van der Waals surface area contributed by atoms with E-state index in [4.69, 9.17) is 4.74 Å². The molecule has 0 radical (unpaired) electrons. The molecule has 41 heavy (non-hydrogen) atoms. The molecule has 0 aromatic rings. The van der Waals surface area contributed by atoms with Gasteiger partial charge in [-0.25, -0.2) is 13.2 Å². The van der Waals surface area contributed by atoms with Crippen molar-refractivity contribution < 1.29 is 22.3 Å². The number of hydrogen-bond donors (Lipinski definition) is 0. The fourth-order valence-electron chi connectivity index (χ4n) is 3.77. The number of hydrogen-bond acceptors (Lipinski definition) is 1. The van der Waals surface area contributed by atoms with Gasteiger partial charge in [-0.3, -0.25) is 0 Å². The van der Waals surface area contributed by atoms with Gasteiger partial charge in [-0.05, 0) is 66.1 Å². The molecule has 0 aliphatic carbocycles. The fraction of sp³-hybridized carbons (Fsp3) is 0.444. The minimum Gasteiger partial charge on any atom is -0.491 e. The molecular formula is C36H50F4O. The predicted molar refractivity (Wildman–Crippen MR) is 169 cm³/mol. The molecule has 0 aliphatic heterocycles. The van der Waals surface area contributed by atoms with Crippen LogP contribution in [0.4, 0.5) is 17.6 Å². The summed E-state index contributed by atoms with van der Waals surface area (Å²) < 4.78 is 64.0. The Labute approximate surface area is 246 Å². The molecule has 0 bridgehead atoms. The SMILES string of the molecule is C=CCCCOC(=C)/C(F)=C(/F)C(=C)C(=C)/C=C\C(=C)C(=C)/C(F)=C(/F)C(=C)C(C)CCC(C)C(C)CCC(C)C. The number of halogens is 4. The first kappa shape index (κ1) is 37.9. The molecule has 5 heteroatoms. The lowest BCUT2D eigenvalue weighted by Gasteiger charge is -2.23. The monoisotopic (exact) mass is 574 g/mol. The molecule has 0 aromatic heterocycles. The van der Waals surface area contributed by atoms with E-state index in [2.05, 4.69) is 73.7 Å². The summed E-state index contributed by atoms with van der Waals surface area (Å²) in [5, 5.41) is 0. The van der Waals surface area contributed by atoms with Crippen LogP contribution in [0.15, 0.2) is 121 Å². The van der Waals surface area contributed by atoms with Crippen LogP contribution in [-0.4, -0.2) is 6.61 Å². The van der Waals surface area contributed by atoms with Gasteiger partial charge in [-0.15, -0.1) is 6.58 Å². The first-order valence-electron chi connectivity index (χ1n) is 14.2. The van der Waals surface area contributed by atoms with E-state index in [0.717, 1.165) is 12.8 Å². The molecule has 0 amide bonds. The normalized spacial score (nSPS) is 15.0. The molecule has 0 fully saturated rings. The highest BCUT2D eigenvalue weighted by Gasteiger charge is 2.21. The van der Waals surface area contributed by atoms with Gasteiger partial charge in [-0.1, -0.05) is 105 Å². The molecule has 0 saturated heterocycles. The topological polar surface area (TPSA) is 9.23 Å². The van der Waals surface area contributed by atoms with Crippen molar-refractivity contribution in [3.05, 3.63) is 121 Å². The molecule has 228 valence electrons. The molecule has 0 saturated carbocycles.